The minimum atomic E-state index is -0.570. The lowest BCUT2D eigenvalue weighted by Gasteiger charge is -2.41. The van der Waals surface area contributed by atoms with Crippen LogP contribution in [0.4, 0.5) is 0 Å². The van der Waals surface area contributed by atoms with E-state index in [1.807, 2.05) is 26.0 Å². The van der Waals surface area contributed by atoms with E-state index in [0.29, 0.717) is 6.54 Å². The summed E-state index contributed by atoms with van der Waals surface area (Å²) in [5.41, 5.74) is 2.11. The molecule has 1 saturated carbocycles. The maximum Gasteiger partial charge on any atom is 0.122 e. The SMILES string of the molecule is Cc1ccc(OCC(O)CNC2(CO)CCC2)c(C)c1. The summed E-state index contributed by atoms with van der Waals surface area (Å²) in [6.07, 6.45) is 2.53. The summed E-state index contributed by atoms with van der Waals surface area (Å²) < 4.78 is 5.65. The van der Waals surface area contributed by atoms with Gasteiger partial charge in [-0.25, -0.2) is 0 Å². The van der Waals surface area contributed by atoms with E-state index in [-0.39, 0.29) is 18.8 Å². The van der Waals surface area contributed by atoms with Gasteiger partial charge in [0, 0.05) is 12.1 Å². The first-order chi connectivity index (χ1) is 9.54. The largest absolute Gasteiger partial charge is 0.491 e. The van der Waals surface area contributed by atoms with E-state index in [0.717, 1.165) is 30.6 Å². The number of hydrogen-bond donors (Lipinski definition) is 3. The molecule has 2 rings (SSSR count). The van der Waals surface area contributed by atoms with Gasteiger partial charge < -0.3 is 20.3 Å². The highest BCUT2D eigenvalue weighted by atomic mass is 16.5. The highest BCUT2D eigenvalue weighted by Gasteiger charge is 2.35. The number of rotatable bonds is 7. The van der Waals surface area contributed by atoms with Gasteiger partial charge in [0.2, 0.25) is 0 Å². The minimum absolute atomic E-state index is 0.137. The number of hydrogen-bond acceptors (Lipinski definition) is 4. The fourth-order valence-corrected chi connectivity index (χ4v) is 2.53. The quantitative estimate of drug-likeness (QED) is 0.708. The minimum Gasteiger partial charge on any atom is -0.491 e. The van der Waals surface area contributed by atoms with Crippen LogP contribution in [0.1, 0.15) is 30.4 Å². The zero-order valence-corrected chi connectivity index (χ0v) is 12.4. The first-order valence-electron chi connectivity index (χ1n) is 7.29. The Morgan fingerprint density at radius 3 is 2.65 bits per heavy atom. The predicted molar refractivity (Wildman–Crippen MR) is 79.1 cm³/mol. The second kappa shape index (κ2) is 6.57. The Kier molecular flexibility index (Phi) is 5.02. The van der Waals surface area contributed by atoms with Gasteiger partial charge >= 0.3 is 0 Å². The van der Waals surface area contributed by atoms with Crippen molar-refractivity contribution in [2.24, 2.45) is 0 Å². The molecule has 0 spiro atoms. The number of aliphatic hydroxyl groups is 2. The van der Waals surface area contributed by atoms with Crippen LogP contribution in [-0.2, 0) is 0 Å². The molecule has 1 atom stereocenters. The van der Waals surface area contributed by atoms with Crippen LogP contribution in [0.15, 0.2) is 18.2 Å². The lowest BCUT2D eigenvalue weighted by atomic mass is 9.77. The van der Waals surface area contributed by atoms with Gasteiger partial charge in [0.1, 0.15) is 18.5 Å². The molecule has 0 radical (unpaired) electrons. The molecule has 20 heavy (non-hydrogen) atoms. The Morgan fingerprint density at radius 2 is 2.10 bits per heavy atom. The molecule has 0 amide bonds. The first-order valence-corrected chi connectivity index (χ1v) is 7.29. The number of nitrogens with one attached hydrogen (secondary N) is 1. The van der Waals surface area contributed by atoms with E-state index in [2.05, 4.69) is 11.4 Å². The average molecular weight is 279 g/mol. The van der Waals surface area contributed by atoms with E-state index in [9.17, 15) is 10.2 Å². The Bertz CT molecular complexity index is 438. The van der Waals surface area contributed by atoms with E-state index < -0.39 is 6.10 Å². The van der Waals surface area contributed by atoms with Crippen molar-refractivity contribution in [1.29, 1.82) is 0 Å². The third-order valence-electron chi connectivity index (χ3n) is 4.09. The first kappa shape index (κ1) is 15.3. The van der Waals surface area contributed by atoms with Gasteiger partial charge in [0.05, 0.1) is 6.61 Å². The van der Waals surface area contributed by atoms with Crippen molar-refractivity contribution in [3.63, 3.8) is 0 Å². The maximum absolute atomic E-state index is 9.97. The zero-order chi connectivity index (χ0) is 14.6. The Labute approximate surface area is 120 Å². The molecule has 3 N–H and O–H groups in total. The van der Waals surface area contributed by atoms with Crippen molar-refractivity contribution >= 4 is 0 Å². The average Bonchev–Trinajstić information content (AvgIpc) is 2.37. The van der Waals surface area contributed by atoms with Crippen LogP contribution in [0, 0.1) is 13.8 Å². The molecule has 1 aliphatic carbocycles. The van der Waals surface area contributed by atoms with Crippen LogP contribution >= 0.6 is 0 Å². The molecular formula is C16H25NO3. The van der Waals surface area contributed by atoms with Gasteiger partial charge in [0.15, 0.2) is 0 Å². The fraction of sp³-hybridized carbons (Fsp3) is 0.625. The normalized spacial score (nSPS) is 18.4. The number of β-amino-alcohol motifs (C(OH)–C–C–N with tert-alkyl or cyclic N) is 1. The van der Waals surface area contributed by atoms with Crippen molar-refractivity contribution in [2.45, 2.75) is 44.8 Å². The van der Waals surface area contributed by atoms with Crippen molar-refractivity contribution in [2.75, 3.05) is 19.8 Å². The number of benzene rings is 1. The highest BCUT2D eigenvalue weighted by Crippen LogP contribution is 2.31. The van der Waals surface area contributed by atoms with Gasteiger partial charge in [-0.05, 0) is 44.7 Å². The standard InChI is InChI=1S/C16H25NO3/c1-12-4-5-15(13(2)8-12)20-10-14(19)9-17-16(11-18)6-3-7-16/h4-5,8,14,17-19H,3,6-7,9-11H2,1-2H3. The Balaban J connectivity index is 1.76. The Hall–Kier alpha value is -1.10. The smallest absolute Gasteiger partial charge is 0.122 e. The molecule has 0 heterocycles. The second-order valence-corrected chi connectivity index (χ2v) is 5.91. The van der Waals surface area contributed by atoms with Gasteiger partial charge in [-0.3, -0.25) is 0 Å². The topological polar surface area (TPSA) is 61.7 Å². The summed E-state index contributed by atoms with van der Waals surface area (Å²) in [7, 11) is 0. The van der Waals surface area contributed by atoms with Crippen LogP contribution in [0.2, 0.25) is 0 Å². The van der Waals surface area contributed by atoms with E-state index in [4.69, 9.17) is 4.74 Å². The predicted octanol–water partition coefficient (Wildman–Crippen LogP) is 1.55. The molecule has 0 bridgehead atoms. The van der Waals surface area contributed by atoms with E-state index in [1.165, 1.54) is 5.56 Å². The van der Waals surface area contributed by atoms with Gasteiger partial charge in [0.25, 0.3) is 0 Å². The molecule has 1 aromatic carbocycles. The van der Waals surface area contributed by atoms with Crippen molar-refractivity contribution in [1.82, 2.24) is 5.32 Å². The summed E-state index contributed by atoms with van der Waals surface area (Å²) in [6, 6.07) is 6.00. The maximum atomic E-state index is 9.97. The zero-order valence-electron chi connectivity index (χ0n) is 12.4. The lowest BCUT2D eigenvalue weighted by Crippen LogP contribution is -2.56. The summed E-state index contributed by atoms with van der Waals surface area (Å²) in [4.78, 5) is 0. The number of aryl methyl sites for hydroxylation is 2. The molecule has 112 valence electrons. The summed E-state index contributed by atoms with van der Waals surface area (Å²) in [6.45, 7) is 4.89. The van der Waals surface area contributed by atoms with Crippen molar-refractivity contribution < 1.29 is 14.9 Å². The molecule has 1 aliphatic rings. The molecule has 4 heteroatoms. The van der Waals surface area contributed by atoms with Crippen LogP contribution in [-0.4, -0.2) is 41.6 Å². The summed E-state index contributed by atoms with van der Waals surface area (Å²) in [5, 5.41) is 22.6. The van der Waals surface area contributed by atoms with Gasteiger partial charge in [-0.2, -0.15) is 0 Å². The van der Waals surface area contributed by atoms with E-state index in [1.54, 1.807) is 0 Å². The molecule has 0 aromatic heterocycles. The van der Waals surface area contributed by atoms with Crippen LogP contribution in [0.5, 0.6) is 5.75 Å². The number of ether oxygens (including phenoxy) is 1. The number of aliphatic hydroxyl groups excluding tert-OH is 2. The van der Waals surface area contributed by atoms with Crippen molar-refractivity contribution in [3.8, 4) is 5.75 Å². The second-order valence-electron chi connectivity index (χ2n) is 5.91. The molecule has 0 aliphatic heterocycles. The van der Waals surface area contributed by atoms with Gasteiger partial charge in [-0.15, -0.1) is 0 Å². The molecule has 1 aromatic rings. The molecule has 1 fully saturated rings. The fourth-order valence-electron chi connectivity index (χ4n) is 2.53. The molecule has 4 nitrogen and oxygen atoms in total. The molecular weight excluding hydrogens is 254 g/mol. The Morgan fingerprint density at radius 1 is 1.35 bits per heavy atom. The summed E-state index contributed by atoms with van der Waals surface area (Å²) in [5.74, 6) is 0.815. The lowest BCUT2D eigenvalue weighted by molar-refractivity contribution is 0.0539. The van der Waals surface area contributed by atoms with Crippen molar-refractivity contribution in [3.05, 3.63) is 29.3 Å². The van der Waals surface area contributed by atoms with Crippen LogP contribution in [0.25, 0.3) is 0 Å². The van der Waals surface area contributed by atoms with Crippen LogP contribution < -0.4 is 10.1 Å². The van der Waals surface area contributed by atoms with Gasteiger partial charge in [-0.1, -0.05) is 17.7 Å². The van der Waals surface area contributed by atoms with Crippen LogP contribution in [0.3, 0.4) is 0 Å². The molecule has 1 unspecified atom stereocenters. The molecule has 0 saturated heterocycles. The summed E-state index contributed by atoms with van der Waals surface area (Å²) >= 11 is 0. The third kappa shape index (κ3) is 3.72. The third-order valence-corrected chi connectivity index (χ3v) is 4.09. The monoisotopic (exact) mass is 279 g/mol. The van der Waals surface area contributed by atoms with E-state index >= 15 is 0 Å². The highest BCUT2D eigenvalue weighted by molar-refractivity contribution is 5.35.